The summed E-state index contributed by atoms with van der Waals surface area (Å²) in [6, 6.07) is 8.52. The minimum atomic E-state index is 0.495. The van der Waals surface area contributed by atoms with Crippen LogP contribution in [0.1, 0.15) is 31.2 Å². The van der Waals surface area contributed by atoms with Crippen molar-refractivity contribution in [2.24, 2.45) is 10.7 Å². The van der Waals surface area contributed by atoms with Crippen LogP contribution >= 0.6 is 15.9 Å². The molecule has 0 unspecified atom stereocenters. The highest BCUT2D eigenvalue weighted by Crippen LogP contribution is 2.17. The Balaban J connectivity index is 1.60. The molecule has 6 heteroatoms. The number of aliphatic imine (C=N–C) groups is 1. The van der Waals surface area contributed by atoms with Gasteiger partial charge in [-0.25, -0.2) is 9.67 Å². The van der Waals surface area contributed by atoms with Crippen LogP contribution in [-0.2, 0) is 6.54 Å². The molecule has 0 atom stereocenters. The monoisotopic (exact) mass is 361 g/mol. The molecule has 0 radical (unpaired) electrons. The molecule has 116 valence electrons. The summed E-state index contributed by atoms with van der Waals surface area (Å²) in [7, 11) is 0. The van der Waals surface area contributed by atoms with Crippen LogP contribution < -0.4 is 11.1 Å². The lowest BCUT2D eigenvalue weighted by atomic mass is 10.2. The predicted molar refractivity (Wildman–Crippen MR) is 92.0 cm³/mol. The number of nitrogens with one attached hydrogen (secondary N) is 1. The topological polar surface area (TPSA) is 68.2 Å². The van der Waals surface area contributed by atoms with E-state index in [1.54, 1.807) is 0 Å². The molecule has 0 amide bonds. The van der Waals surface area contributed by atoms with Crippen LogP contribution in [0.2, 0.25) is 0 Å². The second-order valence-corrected chi connectivity index (χ2v) is 6.51. The lowest BCUT2D eigenvalue weighted by Gasteiger charge is -2.11. The van der Waals surface area contributed by atoms with Gasteiger partial charge in [-0.3, -0.25) is 0 Å². The molecule has 0 bridgehead atoms. The summed E-state index contributed by atoms with van der Waals surface area (Å²) in [5, 5.41) is 7.66. The number of hydrogen-bond donors (Lipinski definition) is 2. The predicted octanol–water partition coefficient (Wildman–Crippen LogP) is 2.98. The number of aromatic nitrogens is 2. The average molecular weight is 362 g/mol. The first kappa shape index (κ1) is 15.1. The highest BCUT2D eigenvalue weighted by Gasteiger charge is 2.14. The summed E-state index contributed by atoms with van der Waals surface area (Å²) >= 11 is 3.43. The van der Waals surface area contributed by atoms with Crippen molar-refractivity contribution in [2.45, 2.75) is 38.3 Å². The fraction of sp³-hybridized carbons (Fsp3) is 0.375. The molecule has 3 N–H and O–H groups in total. The van der Waals surface area contributed by atoms with Gasteiger partial charge in [0, 0.05) is 22.3 Å². The SMILES string of the molecule is NC(=NCc1cnn(-c2ccc(Br)cc2)c1)NC1CCCC1. The van der Waals surface area contributed by atoms with Crippen LogP contribution in [0.5, 0.6) is 0 Å². The second kappa shape index (κ2) is 6.96. The van der Waals surface area contributed by atoms with Gasteiger partial charge in [0.15, 0.2) is 5.96 Å². The van der Waals surface area contributed by atoms with Gasteiger partial charge in [0.1, 0.15) is 0 Å². The van der Waals surface area contributed by atoms with Gasteiger partial charge in [-0.05, 0) is 37.1 Å². The maximum absolute atomic E-state index is 5.94. The van der Waals surface area contributed by atoms with E-state index in [2.05, 4.69) is 31.3 Å². The molecule has 3 rings (SSSR count). The molecule has 1 aliphatic rings. The van der Waals surface area contributed by atoms with Gasteiger partial charge in [-0.2, -0.15) is 5.10 Å². The Morgan fingerprint density at radius 1 is 1.32 bits per heavy atom. The van der Waals surface area contributed by atoms with Crippen LogP contribution in [0.25, 0.3) is 5.69 Å². The largest absolute Gasteiger partial charge is 0.370 e. The third-order valence-corrected chi connectivity index (χ3v) is 4.40. The fourth-order valence-corrected chi connectivity index (χ4v) is 2.94. The normalized spacial score (nSPS) is 16.1. The van der Waals surface area contributed by atoms with E-state index in [4.69, 9.17) is 5.73 Å². The first-order valence-electron chi connectivity index (χ1n) is 7.56. The van der Waals surface area contributed by atoms with E-state index < -0.39 is 0 Å². The maximum atomic E-state index is 5.94. The summed E-state index contributed by atoms with van der Waals surface area (Å²) < 4.78 is 2.90. The minimum absolute atomic E-state index is 0.495. The molecule has 1 aromatic carbocycles. The molecule has 22 heavy (non-hydrogen) atoms. The van der Waals surface area contributed by atoms with Gasteiger partial charge in [0.25, 0.3) is 0 Å². The summed E-state index contributed by atoms with van der Waals surface area (Å²) in [6.07, 6.45) is 8.76. The van der Waals surface area contributed by atoms with E-state index >= 15 is 0 Å². The second-order valence-electron chi connectivity index (χ2n) is 5.60. The molecular formula is C16H20BrN5. The van der Waals surface area contributed by atoms with Crippen molar-refractivity contribution in [3.8, 4) is 5.69 Å². The van der Waals surface area contributed by atoms with E-state index in [1.165, 1.54) is 25.7 Å². The molecule has 1 fully saturated rings. The number of rotatable bonds is 4. The van der Waals surface area contributed by atoms with E-state index in [-0.39, 0.29) is 0 Å². The number of hydrogen-bond acceptors (Lipinski definition) is 2. The van der Waals surface area contributed by atoms with Gasteiger partial charge in [0.05, 0.1) is 18.4 Å². The molecule has 0 aliphatic heterocycles. The van der Waals surface area contributed by atoms with E-state index in [9.17, 15) is 0 Å². The van der Waals surface area contributed by atoms with Crippen molar-refractivity contribution in [2.75, 3.05) is 0 Å². The smallest absolute Gasteiger partial charge is 0.189 e. The minimum Gasteiger partial charge on any atom is -0.370 e. The molecule has 1 aliphatic carbocycles. The van der Waals surface area contributed by atoms with Crippen molar-refractivity contribution in [3.63, 3.8) is 0 Å². The molecule has 2 aromatic rings. The molecule has 1 saturated carbocycles. The summed E-state index contributed by atoms with van der Waals surface area (Å²) in [6.45, 7) is 0.544. The van der Waals surface area contributed by atoms with Crippen LogP contribution in [0.3, 0.4) is 0 Å². The maximum Gasteiger partial charge on any atom is 0.189 e. The van der Waals surface area contributed by atoms with Gasteiger partial charge in [0.2, 0.25) is 0 Å². The molecule has 0 spiro atoms. The Morgan fingerprint density at radius 3 is 2.77 bits per heavy atom. The average Bonchev–Trinajstić information content (AvgIpc) is 3.17. The van der Waals surface area contributed by atoms with Crippen LogP contribution in [0.4, 0.5) is 0 Å². The standard InChI is InChI=1S/C16H20BrN5/c17-13-5-7-15(8-6-13)22-11-12(10-20-22)9-19-16(18)21-14-3-1-2-4-14/h5-8,10-11,14H,1-4,9H2,(H3,18,19,21). The third kappa shape index (κ3) is 3.88. The Morgan fingerprint density at radius 2 is 2.05 bits per heavy atom. The summed E-state index contributed by atoms with van der Waals surface area (Å²) in [4.78, 5) is 4.40. The van der Waals surface area contributed by atoms with Gasteiger partial charge >= 0.3 is 0 Å². The number of guanidine groups is 1. The van der Waals surface area contributed by atoms with Crippen molar-refractivity contribution >= 4 is 21.9 Å². The van der Waals surface area contributed by atoms with Crippen molar-refractivity contribution < 1.29 is 0 Å². The fourth-order valence-electron chi connectivity index (χ4n) is 2.68. The molecule has 0 saturated heterocycles. The zero-order chi connectivity index (χ0) is 15.4. The first-order valence-corrected chi connectivity index (χ1v) is 8.36. The summed E-state index contributed by atoms with van der Waals surface area (Å²) in [5.41, 5.74) is 8.01. The Labute approximate surface area is 138 Å². The molecular weight excluding hydrogens is 342 g/mol. The summed E-state index contributed by atoms with van der Waals surface area (Å²) in [5.74, 6) is 0.531. The van der Waals surface area contributed by atoms with Gasteiger partial charge in [-0.1, -0.05) is 28.8 Å². The van der Waals surface area contributed by atoms with E-state index in [1.807, 2.05) is 41.3 Å². The Hall–Kier alpha value is -1.82. The highest BCUT2D eigenvalue weighted by molar-refractivity contribution is 9.10. The van der Waals surface area contributed by atoms with Gasteiger partial charge in [-0.15, -0.1) is 0 Å². The number of benzene rings is 1. The molecule has 5 nitrogen and oxygen atoms in total. The van der Waals surface area contributed by atoms with Crippen LogP contribution in [0, 0.1) is 0 Å². The van der Waals surface area contributed by atoms with Crippen molar-refractivity contribution in [1.82, 2.24) is 15.1 Å². The number of nitrogens with two attached hydrogens (primary N) is 1. The lowest BCUT2D eigenvalue weighted by molar-refractivity contribution is 0.625. The van der Waals surface area contributed by atoms with Crippen molar-refractivity contribution in [3.05, 3.63) is 46.7 Å². The van der Waals surface area contributed by atoms with E-state index in [0.717, 1.165) is 15.7 Å². The molecule has 1 aromatic heterocycles. The van der Waals surface area contributed by atoms with E-state index in [0.29, 0.717) is 18.5 Å². The quantitative estimate of drug-likeness (QED) is 0.649. The molecule has 1 heterocycles. The first-order chi connectivity index (χ1) is 10.7. The number of nitrogens with zero attached hydrogens (tertiary/aromatic N) is 3. The highest BCUT2D eigenvalue weighted by atomic mass is 79.9. The number of halogens is 1. The Bertz CT molecular complexity index is 641. The zero-order valence-corrected chi connectivity index (χ0v) is 14.0. The third-order valence-electron chi connectivity index (χ3n) is 3.87. The van der Waals surface area contributed by atoms with Crippen LogP contribution in [0.15, 0.2) is 46.1 Å². The Kier molecular flexibility index (Phi) is 4.77. The zero-order valence-electron chi connectivity index (χ0n) is 12.4. The van der Waals surface area contributed by atoms with Crippen LogP contribution in [-0.4, -0.2) is 21.8 Å². The lowest BCUT2D eigenvalue weighted by Crippen LogP contribution is -2.38. The van der Waals surface area contributed by atoms with Crippen molar-refractivity contribution in [1.29, 1.82) is 0 Å². The van der Waals surface area contributed by atoms with Gasteiger partial charge < -0.3 is 11.1 Å².